The first-order valence-corrected chi connectivity index (χ1v) is 33.3. The summed E-state index contributed by atoms with van der Waals surface area (Å²) in [5.74, 6) is 0. The van der Waals surface area contributed by atoms with E-state index in [1.165, 1.54) is 143 Å². The minimum atomic E-state index is -2.02. The molecule has 0 unspecified atom stereocenters. The monoisotopic (exact) mass is 1010 g/mol. The van der Waals surface area contributed by atoms with Crippen molar-refractivity contribution < 1.29 is 0 Å². The molecule has 2 nitrogen and oxygen atoms in total. The molecule has 11 aromatic carbocycles. The van der Waals surface area contributed by atoms with Gasteiger partial charge < -0.3 is 9.80 Å². The van der Waals surface area contributed by atoms with Crippen LogP contribution in [0.5, 0.6) is 0 Å². The van der Waals surface area contributed by atoms with Crippen molar-refractivity contribution in [1.29, 1.82) is 0 Å². The highest BCUT2D eigenvalue weighted by Gasteiger charge is 2.42. The van der Waals surface area contributed by atoms with E-state index in [0.717, 1.165) is 0 Å². The van der Waals surface area contributed by atoms with Crippen molar-refractivity contribution >= 4 is 92.6 Å². The van der Waals surface area contributed by atoms with Gasteiger partial charge in [0.25, 0.3) is 0 Å². The lowest BCUT2D eigenvalue weighted by molar-refractivity contribution is 0.660. The Labute approximate surface area is 449 Å². The molecule has 76 heavy (non-hydrogen) atoms. The number of hydrogen-bond acceptors (Lipinski definition) is 2. The number of fused-ring (bicyclic) bond motifs is 12. The Kier molecular flexibility index (Phi) is 9.41. The molecule has 0 bridgehead atoms. The van der Waals surface area contributed by atoms with Gasteiger partial charge in [-0.25, -0.2) is 0 Å². The number of para-hydroxylation sites is 4. The molecule has 0 fully saturated rings. The van der Waals surface area contributed by atoms with Crippen LogP contribution < -0.4 is 30.5 Å². The SMILES string of the molecule is CC1(C)c2ccccc2-c2ccc(-c3c4ccc(N5c6ccccc6[Si](C)(C)c6ccccc65)cc4c(-c4ccc5c(c4)C(C)(C)c4ccccc4-5)c4ccc(N5c6ccccc6[Si](C)(C)c6ccccc65)cc34)cc21. The second-order valence-electron chi connectivity index (χ2n) is 24.1. The molecule has 2 aliphatic heterocycles. The molecule has 0 saturated heterocycles. The number of nitrogens with zero attached hydrogens (tertiary/aromatic N) is 2. The van der Waals surface area contributed by atoms with Crippen LogP contribution in [0.3, 0.4) is 0 Å². The molecule has 0 spiro atoms. The third-order valence-corrected chi connectivity index (χ3v) is 25.7. The zero-order valence-electron chi connectivity index (χ0n) is 44.7. The van der Waals surface area contributed by atoms with Gasteiger partial charge in [-0.3, -0.25) is 0 Å². The third-order valence-electron chi connectivity index (χ3n) is 18.6. The highest BCUT2D eigenvalue weighted by molar-refractivity contribution is 7.03. The Hall–Kier alpha value is -8.03. The van der Waals surface area contributed by atoms with Crippen molar-refractivity contribution in [2.45, 2.75) is 64.7 Å². The van der Waals surface area contributed by atoms with Crippen molar-refractivity contribution in [1.82, 2.24) is 0 Å². The summed E-state index contributed by atoms with van der Waals surface area (Å²) in [7, 11) is -4.05. The Morgan fingerprint density at radius 3 is 0.974 bits per heavy atom. The maximum Gasteiger partial charge on any atom is 0.117 e. The summed E-state index contributed by atoms with van der Waals surface area (Å²) >= 11 is 0. The molecule has 0 radical (unpaired) electrons. The van der Waals surface area contributed by atoms with Gasteiger partial charge in [-0.05, 0) is 170 Å². The Balaban J connectivity index is 1.06. The van der Waals surface area contributed by atoms with E-state index >= 15 is 0 Å². The molecule has 15 rings (SSSR count). The van der Waals surface area contributed by atoms with E-state index in [1.807, 2.05) is 0 Å². The van der Waals surface area contributed by atoms with Gasteiger partial charge in [0.05, 0.1) is 0 Å². The van der Waals surface area contributed by atoms with Crippen LogP contribution in [0, 0.1) is 0 Å². The quantitative estimate of drug-likeness (QED) is 0.128. The second kappa shape index (κ2) is 15.8. The van der Waals surface area contributed by atoms with Crippen LogP contribution in [-0.2, 0) is 10.8 Å². The van der Waals surface area contributed by atoms with Crippen LogP contribution in [0.4, 0.5) is 34.1 Å². The number of anilines is 6. The molecule has 0 atom stereocenters. The Morgan fingerprint density at radius 2 is 0.605 bits per heavy atom. The summed E-state index contributed by atoms with van der Waals surface area (Å²) in [6.45, 7) is 19.7. The lowest BCUT2D eigenvalue weighted by atomic mass is 9.79. The van der Waals surface area contributed by atoms with Gasteiger partial charge in [0.2, 0.25) is 0 Å². The van der Waals surface area contributed by atoms with E-state index in [4.69, 9.17) is 0 Å². The number of hydrogen-bond donors (Lipinski definition) is 0. The largest absolute Gasteiger partial charge is 0.311 e. The zero-order chi connectivity index (χ0) is 51.6. The number of rotatable bonds is 4. The lowest BCUT2D eigenvalue weighted by Gasteiger charge is -2.41. The van der Waals surface area contributed by atoms with Crippen LogP contribution in [0.1, 0.15) is 49.9 Å². The highest BCUT2D eigenvalue weighted by atomic mass is 28.3. The first-order valence-electron chi connectivity index (χ1n) is 27.3. The summed E-state index contributed by atoms with van der Waals surface area (Å²) in [6.07, 6.45) is 0. The fourth-order valence-corrected chi connectivity index (χ4v) is 20.7. The van der Waals surface area contributed by atoms with Gasteiger partial charge in [-0.2, -0.15) is 0 Å². The maximum absolute atomic E-state index is 2.56. The topological polar surface area (TPSA) is 6.48 Å². The molecule has 11 aromatic rings. The van der Waals surface area contributed by atoms with Gasteiger partial charge in [-0.1, -0.05) is 212 Å². The standard InChI is InChI=1S/C72H60N2Si2/c1-71(2)57-23-11-9-21-49(57)51-37-33-45(41-59(51)71)69-53-39-35-48(74-63-27-15-19-31-67(63)76(7,8)68-32-20-16-28-64(68)74)44-56(53)70(46-34-38-52-50-22-10-12-24-58(50)72(3,4)60(52)42-46)54-40-36-47(43-55(54)69)73-61-25-13-17-29-65(61)75(5,6)66-30-18-14-26-62(66)73/h9-44H,1-8H3. The summed E-state index contributed by atoms with van der Waals surface area (Å²) in [5, 5.41) is 10.9. The maximum atomic E-state index is 2.56. The summed E-state index contributed by atoms with van der Waals surface area (Å²) in [4.78, 5) is 5.12. The molecule has 2 heterocycles. The average Bonchev–Trinajstić information content (AvgIpc) is 3.82. The van der Waals surface area contributed by atoms with Gasteiger partial charge in [0.15, 0.2) is 0 Å². The molecule has 4 aliphatic rings. The van der Waals surface area contributed by atoms with Crippen molar-refractivity contribution in [2.24, 2.45) is 0 Å². The smallest absolute Gasteiger partial charge is 0.117 e. The van der Waals surface area contributed by atoms with Gasteiger partial charge in [0, 0.05) is 45.0 Å². The van der Waals surface area contributed by atoms with Crippen molar-refractivity contribution in [3.05, 3.63) is 241 Å². The summed E-state index contributed by atoms with van der Waals surface area (Å²) < 4.78 is 0. The van der Waals surface area contributed by atoms with Gasteiger partial charge in [-0.15, -0.1) is 0 Å². The minimum absolute atomic E-state index is 0.162. The van der Waals surface area contributed by atoms with E-state index in [9.17, 15) is 0 Å². The molecule has 0 aromatic heterocycles. The fraction of sp³-hybridized carbons (Fsp3) is 0.139. The number of benzene rings is 11. The van der Waals surface area contributed by atoms with E-state index in [0.29, 0.717) is 0 Å². The summed E-state index contributed by atoms with van der Waals surface area (Å²) in [5.41, 5.74) is 23.1. The Bertz CT molecular complexity index is 3950. The Morgan fingerprint density at radius 1 is 0.289 bits per heavy atom. The van der Waals surface area contributed by atoms with Gasteiger partial charge >= 0.3 is 0 Å². The van der Waals surface area contributed by atoms with E-state index in [1.54, 1.807) is 0 Å². The fourth-order valence-electron chi connectivity index (χ4n) is 14.7. The van der Waals surface area contributed by atoms with Gasteiger partial charge in [0.1, 0.15) is 16.1 Å². The van der Waals surface area contributed by atoms with Crippen LogP contribution >= 0.6 is 0 Å². The third kappa shape index (κ3) is 6.08. The molecule has 4 heteroatoms. The molecule has 0 saturated carbocycles. The van der Waals surface area contributed by atoms with Crippen LogP contribution in [0.2, 0.25) is 26.2 Å². The van der Waals surface area contributed by atoms with Crippen LogP contribution in [0.25, 0.3) is 66.1 Å². The first kappa shape index (κ1) is 45.4. The normalized spacial score (nSPS) is 16.3. The zero-order valence-corrected chi connectivity index (χ0v) is 46.7. The van der Waals surface area contributed by atoms with E-state index in [-0.39, 0.29) is 10.8 Å². The molecule has 0 amide bonds. The average molecular weight is 1010 g/mol. The molecular weight excluding hydrogens is 949 g/mol. The van der Waals surface area contributed by atoms with E-state index in [2.05, 4.69) is 282 Å². The van der Waals surface area contributed by atoms with Crippen LogP contribution in [0.15, 0.2) is 218 Å². The molecule has 0 N–H and O–H groups in total. The van der Waals surface area contributed by atoms with Crippen LogP contribution in [-0.4, -0.2) is 16.1 Å². The second-order valence-corrected chi connectivity index (χ2v) is 32.7. The predicted octanol–water partition coefficient (Wildman–Crippen LogP) is 17.2. The molecular formula is C72H60N2Si2. The molecule has 2 aliphatic carbocycles. The van der Waals surface area contributed by atoms with Crippen molar-refractivity contribution in [3.63, 3.8) is 0 Å². The highest BCUT2D eigenvalue weighted by Crippen LogP contribution is 2.55. The predicted molar refractivity (Wildman–Crippen MR) is 330 cm³/mol. The first-order chi connectivity index (χ1) is 36.7. The summed E-state index contributed by atoms with van der Waals surface area (Å²) in [6, 6.07) is 84.5. The molecule has 366 valence electrons. The van der Waals surface area contributed by atoms with Crippen molar-refractivity contribution in [2.75, 3.05) is 9.80 Å². The minimum Gasteiger partial charge on any atom is -0.311 e. The van der Waals surface area contributed by atoms with E-state index < -0.39 is 16.1 Å². The van der Waals surface area contributed by atoms with Crippen molar-refractivity contribution in [3.8, 4) is 44.5 Å². The lowest BCUT2D eigenvalue weighted by Crippen LogP contribution is -2.58.